The second-order valence-electron chi connectivity index (χ2n) is 4.94. The van der Waals surface area contributed by atoms with E-state index in [1.54, 1.807) is 0 Å². The van der Waals surface area contributed by atoms with Gasteiger partial charge in [0.15, 0.2) is 5.72 Å². The minimum atomic E-state index is -1.34. The van der Waals surface area contributed by atoms with Gasteiger partial charge < -0.3 is 5.11 Å². The van der Waals surface area contributed by atoms with Crippen LogP contribution in [0.1, 0.15) is 32.8 Å². The summed E-state index contributed by atoms with van der Waals surface area (Å²) in [5.74, 6) is -0.0402. The third-order valence-corrected chi connectivity index (χ3v) is 3.21. The highest BCUT2D eigenvalue weighted by Gasteiger charge is 2.45. The zero-order valence-electron chi connectivity index (χ0n) is 10.9. The second-order valence-corrected chi connectivity index (χ2v) is 4.94. The first-order chi connectivity index (χ1) is 8.45. The molecule has 18 heavy (non-hydrogen) atoms. The summed E-state index contributed by atoms with van der Waals surface area (Å²) in [6, 6.07) is 9.20. The molecule has 1 aliphatic rings. The number of benzene rings is 1. The summed E-state index contributed by atoms with van der Waals surface area (Å²) in [6.45, 7) is 5.43. The Morgan fingerprint density at radius 1 is 1.39 bits per heavy atom. The third kappa shape index (κ3) is 2.04. The van der Waals surface area contributed by atoms with Crippen LogP contribution in [0.2, 0.25) is 0 Å². The van der Waals surface area contributed by atoms with Gasteiger partial charge in [0.2, 0.25) is 5.91 Å². The van der Waals surface area contributed by atoms with Gasteiger partial charge in [-0.3, -0.25) is 4.79 Å². The highest BCUT2D eigenvalue weighted by atomic mass is 16.3. The van der Waals surface area contributed by atoms with Gasteiger partial charge in [-0.1, -0.05) is 44.2 Å². The fraction of sp³-hybridized carbons (Fsp3) is 0.429. The summed E-state index contributed by atoms with van der Waals surface area (Å²) in [7, 11) is 0. The number of hydrazone groups is 1. The molecule has 1 aliphatic heterocycles. The maximum absolute atomic E-state index is 11.7. The van der Waals surface area contributed by atoms with Crippen LogP contribution in [0, 0.1) is 5.92 Å². The van der Waals surface area contributed by atoms with Gasteiger partial charge in [0, 0.05) is 24.6 Å². The molecule has 0 saturated heterocycles. The molecule has 0 aromatic heterocycles. The van der Waals surface area contributed by atoms with Crippen molar-refractivity contribution in [2.75, 3.05) is 0 Å². The first-order valence-electron chi connectivity index (χ1n) is 6.11. The maximum atomic E-state index is 11.7. The predicted molar refractivity (Wildman–Crippen MR) is 69.7 cm³/mol. The van der Waals surface area contributed by atoms with Gasteiger partial charge >= 0.3 is 0 Å². The maximum Gasteiger partial charge on any atom is 0.242 e. The smallest absolute Gasteiger partial charge is 0.242 e. The van der Waals surface area contributed by atoms with Gasteiger partial charge in [0.1, 0.15) is 0 Å². The van der Waals surface area contributed by atoms with Crippen LogP contribution < -0.4 is 0 Å². The van der Waals surface area contributed by atoms with Gasteiger partial charge in [-0.05, 0) is 5.92 Å². The average Bonchev–Trinajstić information content (AvgIpc) is 2.70. The molecule has 4 nitrogen and oxygen atoms in total. The Kier molecular flexibility index (Phi) is 3.22. The number of amides is 1. The summed E-state index contributed by atoms with van der Waals surface area (Å²) < 4.78 is 0. The molecular weight excluding hydrogens is 228 g/mol. The van der Waals surface area contributed by atoms with Crippen molar-refractivity contribution < 1.29 is 9.90 Å². The highest BCUT2D eigenvalue weighted by molar-refractivity contribution is 5.91. The molecule has 0 fully saturated rings. The number of hydrogen-bond acceptors (Lipinski definition) is 3. The quantitative estimate of drug-likeness (QED) is 0.868. The molecule has 4 heteroatoms. The summed E-state index contributed by atoms with van der Waals surface area (Å²) in [5, 5.41) is 16.3. The third-order valence-electron chi connectivity index (χ3n) is 3.21. The van der Waals surface area contributed by atoms with Crippen molar-refractivity contribution in [3.8, 4) is 0 Å². The first kappa shape index (κ1) is 12.8. The van der Waals surface area contributed by atoms with Crippen molar-refractivity contribution in [3.05, 3.63) is 35.9 Å². The first-order valence-corrected chi connectivity index (χ1v) is 6.11. The average molecular weight is 246 g/mol. The lowest BCUT2D eigenvalue weighted by atomic mass is 9.93. The number of carbonyl (C=O) groups excluding carboxylic acids is 1. The molecule has 1 aromatic carbocycles. The molecule has 1 heterocycles. The Hall–Kier alpha value is -1.68. The Bertz CT molecular complexity index is 482. The molecule has 0 saturated carbocycles. The lowest BCUT2D eigenvalue weighted by Gasteiger charge is -2.30. The van der Waals surface area contributed by atoms with E-state index in [1.165, 1.54) is 11.9 Å². The lowest BCUT2D eigenvalue weighted by Crippen LogP contribution is -2.42. The Morgan fingerprint density at radius 3 is 2.50 bits per heavy atom. The molecule has 2 rings (SSSR count). The Morgan fingerprint density at radius 2 is 2.00 bits per heavy atom. The molecular formula is C14H18N2O2. The van der Waals surface area contributed by atoms with Crippen LogP contribution in [-0.2, 0) is 10.5 Å². The van der Waals surface area contributed by atoms with Crippen LogP contribution in [0.3, 0.4) is 0 Å². The molecule has 0 aliphatic carbocycles. The molecule has 0 bridgehead atoms. The molecule has 96 valence electrons. The van der Waals surface area contributed by atoms with Gasteiger partial charge in [-0.25, -0.2) is 0 Å². The zero-order chi connectivity index (χ0) is 13.3. The van der Waals surface area contributed by atoms with Crippen molar-refractivity contribution in [1.29, 1.82) is 0 Å². The molecule has 0 spiro atoms. The van der Waals surface area contributed by atoms with Gasteiger partial charge in [0.05, 0.1) is 0 Å². The van der Waals surface area contributed by atoms with Gasteiger partial charge in [-0.15, -0.1) is 0 Å². The largest absolute Gasteiger partial charge is 0.365 e. The molecule has 1 atom stereocenters. The van der Waals surface area contributed by atoms with E-state index in [4.69, 9.17) is 0 Å². The lowest BCUT2D eigenvalue weighted by molar-refractivity contribution is -0.155. The summed E-state index contributed by atoms with van der Waals surface area (Å²) in [4.78, 5) is 11.7. The van der Waals surface area contributed by atoms with Crippen LogP contribution in [-0.4, -0.2) is 21.7 Å². The molecule has 1 unspecified atom stereocenters. The Labute approximate surface area is 107 Å². The van der Waals surface area contributed by atoms with Crippen molar-refractivity contribution >= 4 is 11.6 Å². The fourth-order valence-corrected chi connectivity index (χ4v) is 2.15. The minimum absolute atomic E-state index is 0.213. The van der Waals surface area contributed by atoms with Crippen LogP contribution in [0.5, 0.6) is 0 Å². The SMILES string of the molecule is CC(=O)N1N=C(C(C)C)CC1(O)c1ccccc1. The van der Waals surface area contributed by atoms with E-state index in [2.05, 4.69) is 5.10 Å². The number of hydrogen-bond donors (Lipinski definition) is 1. The van der Waals surface area contributed by atoms with E-state index in [0.717, 1.165) is 5.71 Å². The molecule has 1 amide bonds. The molecule has 0 radical (unpaired) electrons. The number of aliphatic hydroxyl groups is 1. The Balaban J connectivity index is 2.42. The fourth-order valence-electron chi connectivity index (χ4n) is 2.15. The van der Waals surface area contributed by atoms with Crippen molar-refractivity contribution in [3.63, 3.8) is 0 Å². The summed E-state index contributed by atoms with van der Waals surface area (Å²) in [6.07, 6.45) is 0.369. The number of rotatable bonds is 2. The standard InChI is InChI=1S/C14H18N2O2/c1-10(2)13-9-14(18,16(15-13)11(3)17)12-7-5-4-6-8-12/h4-8,10,18H,9H2,1-3H3. The van der Waals surface area contributed by atoms with Crippen LogP contribution in [0.4, 0.5) is 0 Å². The zero-order valence-corrected chi connectivity index (χ0v) is 10.9. The summed E-state index contributed by atoms with van der Waals surface area (Å²) in [5.41, 5.74) is 0.198. The van der Waals surface area contributed by atoms with Crippen molar-refractivity contribution in [2.45, 2.75) is 32.9 Å². The predicted octanol–water partition coefficient (Wildman–Crippen LogP) is 2.10. The van der Waals surface area contributed by atoms with E-state index in [9.17, 15) is 9.90 Å². The topological polar surface area (TPSA) is 52.9 Å². The van der Waals surface area contributed by atoms with E-state index < -0.39 is 5.72 Å². The van der Waals surface area contributed by atoms with Crippen LogP contribution in [0.15, 0.2) is 35.4 Å². The van der Waals surface area contributed by atoms with Gasteiger partial charge in [-0.2, -0.15) is 10.1 Å². The highest BCUT2D eigenvalue weighted by Crippen LogP contribution is 2.36. The number of nitrogens with zero attached hydrogens (tertiary/aromatic N) is 2. The van der Waals surface area contributed by atoms with Crippen molar-refractivity contribution in [2.24, 2.45) is 11.0 Å². The minimum Gasteiger partial charge on any atom is -0.365 e. The normalized spacial score (nSPS) is 23.4. The van der Waals surface area contributed by atoms with Gasteiger partial charge in [0.25, 0.3) is 0 Å². The summed E-state index contributed by atoms with van der Waals surface area (Å²) >= 11 is 0. The van der Waals surface area contributed by atoms with E-state index in [0.29, 0.717) is 12.0 Å². The van der Waals surface area contributed by atoms with Crippen LogP contribution in [0.25, 0.3) is 0 Å². The van der Waals surface area contributed by atoms with E-state index >= 15 is 0 Å². The van der Waals surface area contributed by atoms with Crippen LogP contribution >= 0.6 is 0 Å². The molecule has 1 N–H and O–H groups in total. The second kappa shape index (κ2) is 4.53. The van der Waals surface area contributed by atoms with E-state index in [1.807, 2.05) is 44.2 Å². The molecule has 1 aromatic rings. The van der Waals surface area contributed by atoms with E-state index in [-0.39, 0.29) is 11.8 Å². The number of carbonyl (C=O) groups is 1. The van der Waals surface area contributed by atoms with Crippen molar-refractivity contribution in [1.82, 2.24) is 5.01 Å². The monoisotopic (exact) mass is 246 g/mol.